The van der Waals surface area contributed by atoms with Gasteiger partial charge in [0, 0.05) is 13.2 Å². The van der Waals surface area contributed by atoms with Crippen molar-refractivity contribution in [1.82, 2.24) is 5.32 Å². The fourth-order valence-corrected chi connectivity index (χ4v) is 3.47. The first-order chi connectivity index (χ1) is 10.4. The number of unbranched alkanes of at least 4 members (excludes halogenated alkanes) is 5. The van der Waals surface area contributed by atoms with Crippen molar-refractivity contribution in [2.24, 2.45) is 5.92 Å². The van der Waals surface area contributed by atoms with E-state index in [4.69, 9.17) is 9.47 Å². The van der Waals surface area contributed by atoms with Crippen molar-refractivity contribution in [2.75, 3.05) is 26.3 Å². The van der Waals surface area contributed by atoms with Crippen molar-refractivity contribution in [2.45, 2.75) is 83.3 Å². The number of hydrogen-bond acceptors (Lipinski definition) is 3. The zero-order valence-corrected chi connectivity index (χ0v) is 13.8. The lowest BCUT2D eigenvalue weighted by Crippen LogP contribution is -2.27. The van der Waals surface area contributed by atoms with Gasteiger partial charge in [-0.25, -0.2) is 0 Å². The van der Waals surface area contributed by atoms with Crippen LogP contribution in [0.5, 0.6) is 0 Å². The van der Waals surface area contributed by atoms with Crippen LogP contribution >= 0.6 is 0 Å². The second-order valence-corrected chi connectivity index (χ2v) is 6.77. The molecule has 0 saturated carbocycles. The van der Waals surface area contributed by atoms with E-state index in [1.165, 1.54) is 83.7 Å². The molecule has 21 heavy (non-hydrogen) atoms. The monoisotopic (exact) mass is 297 g/mol. The molecule has 2 fully saturated rings. The van der Waals surface area contributed by atoms with Gasteiger partial charge in [-0.05, 0) is 57.5 Å². The van der Waals surface area contributed by atoms with Crippen molar-refractivity contribution < 1.29 is 9.47 Å². The zero-order valence-electron chi connectivity index (χ0n) is 13.8. The third-order valence-corrected chi connectivity index (χ3v) is 4.91. The molecule has 3 heteroatoms. The summed E-state index contributed by atoms with van der Waals surface area (Å²) in [4.78, 5) is 0. The molecule has 0 radical (unpaired) electrons. The van der Waals surface area contributed by atoms with E-state index in [9.17, 15) is 0 Å². The van der Waals surface area contributed by atoms with Crippen LogP contribution in [0.2, 0.25) is 0 Å². The van der Waals surface area contributed by atoms with E-state index in [0.717, 1.165) is 25.6 Å². The fraction of sp³-hybridized carbons (Fsp3) is 1.00. The first-order valence-electron chi connectivity index (χ1n) is 9.39. The standard InChI is InChI=1S/C18H35NO2/c1(3-5-9-17-11-13-19-14-12-17)2-4-7-15-20-18-10-6-8-16-21-18/h17-19H,1-16H2. The minimum atomic E-state index is 0.101. The van der Waals surface area contributed by atoms with Crippen molar-refractivity contribution in [3.8, 4) is 0 Å². The summed E-state index contributed by atoms with van der Waals surface area (Å²) in [6, 6.07) is 0. The Kier molecular flexibility index (Phi) is 9.40. The van der Waals surface area contributed by atoms with Crippen molar-refractivity contribution in [3.05, 3.63) is 0 Å². The van der Waals surface area contributed by atoms with E-state index >= 15 is 0 Å². The molecule has 0 amide bonds. The summed E-state index contributed by atoms with van der Waals surface area (Å²) in [6.45, 7) is 4.27. The third-order valence-electron chi connectivity index (χ3n) is 4.91. The van der Waals surface area contributed by atoms with Gasteiger partial charge in [0.15, 0.2) is 6.29 Å². The number of ether oxygens (including phenoxy) is 2. The zero-order chi connectivity index (χ0) is 14.6. The van der Waals surface area contributed by atoms with E-state index in [2.05, 4.69) is 5.32 Å². The van der Waals surface area contributed by atoms with E-state index in [1.807, 2.05) is 0 Å². The fourth-order valence-electron chi connectivity index (χ4n) is 3.47. The summed E-state index contributed by atoms with van der Waals surface area (Å²) in [5.74, 6) is 1.01. The average Bonchev–Trinajstić information content (AvgIpc) is 2.55. The molecular formula is C18H35NO2. The maximum Gasteiger partial charge on any atom is 0.157 e. The van der Waals surface area contributed by atoms with Crippen LogP contribution in [0.4, 0.5) is 0 Å². The summed E-state index contributed by atoms with van der Waals surface area (Å²) >= 11 is 0. The Balaban J connectivity index is 1.30. The highest BCUT2D eigenvalue weighted by Gasteiger charge is 2.13. The first-order valence-corrected chi connectivity index (χ1v) is 9.39. The van der Waals surface area contributed by atoms with Gasteiger partial charge in [0.05, 0.1) is 0 Å². The van der Waals surface area contributed by atoms with E-state index in [-0.39, 0.29) is 6.29 Å². The summed E-state index contributed by atoms with van der Waals surface area (Å²) in [5.41, 5.74) is 0. The minimum absolute atomic E-state index is 0.101. The molecule has 0 aliphatic carbocycles. The maximum absolute atomic E-state index is 5.76. The average molecular weight is 297 g/mol. The lowest BCUT2D eigenvalue weighted by Gasteiger charge is -2.22. The van der Waals surface area contributed by atoms with Crippen LogP contribution in [0.15, 0.2) is 0 Å². The second kappa shape index (κ2) is 11.4. The van der Waals surface area contributed by atoms with Crippen molar-refractivity contribution in [3.63, 3.8) is 0 Å². The molecule has 1 N–H and O–H groups in total. The Morgan fingerprint density at radius 1 is 0.857 bits per heavy atom. The molecule has 3 nitrogen and oxygen atoms in total. The van der Waals surface area contributed by atoms with Crippen LogP contribution in [0, 0.1) is 5.92 Å². The Morgan fingerprint density at radius 2 is 1.62 bits per heavy atom. The van der Waals surface area contributed by atoms with Gasteiger partial charge in [0.2, 0.25) is 0 Å². The van der Waals surface area contributed by atoms with Crippen molar-refractivity contribution in [1.29, 1.82) is 0 Å². The summed E-state index contributed by atoms with van der Waals surface area (Å²) in [6.07, 6.45) is 16.1. The summed E-state index contributed by atoms with van der Waals surface area (Å²) < 4.78 is 11.3. The van der Waals surface area contributed by atoms with Gasteiger partial charge in [-0.3, -0.25) is 0 Å². The van der Waals surface area contributed by atoms with Gasteiger partial charge in [-0.15, -0.1) is 0 Å². The highest BCUT2D eigenvalue weighted by atomic mass is 16.7. The molecule has 1 unspecified atom stereocenters. The lowest BCUT2D eigenvalue weighted by molar-refractivity contribution is -0.162. The molecule has 2 saturated heterocycles. The molecule has 0 bridgehead atoms. The van der Waals surface area contributed by atoms with Gasteiger partial charge < -0.3 is 14.8 Å². The lowest BCUT2D eigenvalue weighted by atomic mass is 9.92. The van der Waals surface area contributed by atoms with E-state index < -0.39 is 0 Å². The molecule has 2 heterocycles. The number of hydrogen-bond donors (Lipinski definition) is 1. The molecule has 0 aromatic carbocycles. The number of rotatable bonds is 10. The summed E-state index contributed by atoms with van der Waals surface area (Å²) in [5, 5.41) is 3.45. The molecule has 124 valence electrons. The Labute approximate surface area is 131 Å². The van der Waals surface area contributed by atoms with Crippen LogP contribution < -0.4 is 5.32 Å². The van der Waals surface area contributed by atoms with E-state index in [0.29, 0.717) is 0 Å². The molecule has 0 spiro atoms. The van der Waals surface area contributed by atoms with Crippen LogP contribution in [0.25, 0.3) is 0 Å². The quantitative estimate of drug-likeness (QED) is 0.611. The van der Waals surface area contributed by atoms with Crippen LogP contribution in [-0.2, 0) is 9.47 Å². The largest absolute Gasteiger partial charge is 0.353 e. The Hall–Kier alpha value is -0.120. The van der Waals surface area contributed by atoms with Gasteiger partial charge in [-0.1, -0.05) is 38.5 Å². The van der Waals surface area contributed by atoms with E-state index in [1.54, 1.807) is 0 Å². The Bertz CT molecular complexity index is 211. The molecule has 2 rings (SSSR count). The van der Waals surface area contributed by atoms with Crippen LogP contribution in [0.1, 0.15) is 77.0 Å². The molecule has 2 aliphatic heterocycles. The number of nitrogens with one attached hydrogen (secondary N) is 1. The van der Waals surface area contributed by atoms with Crippen molar-refractivity contribution >= 4 is 0 Å². The van der Waals surface area contributed by atoms with Crippen LogP contribution in [-0.4, -0.2) is 32.6 Å². The predicted octanol–water partition coefficient (Wildman–Crippen LogP) is 4.26. The number of piperidine rings is 1. The highest BCUT2D eigenvalue weighted by Crippen LogP contribution is 2.20. The second-order valence-electron chi connectivity index (χ2n) is 6.77. The summed E-state index contributed by atoms with van der Waals surface area (Å²) in [7, 11) is 0. The molecule has 0 aromatic heterocycles. The van der Waals surface area contributed by atoms with Crippen LogP contribution in [0.3, 0.4) is 0 Å². The predicted molar refractivity (Wildman–Crippen MR) is 87.5 cm³/mol. The van der Waals surface area contributed by atoms with Gasteiger partial charge >= 0.3 is 0 Å². The topological polar surface area (TPSA) is 30.5 Å². The smallest absolute Gasteiger partial charge is 0.157 e. The first kappa shape index (κ1) is 17.2. The molecular weight excluding hydrogens is 262 g/mol. The molecule has 0 aromatic rings. The maximum atomic E-state index is 5.76. The normalized spacial score (nSPS) is 24.3. The molecule has 1 atom stereocenters. The third kappa shape index (κ3) is 8.18. The Morgan fingerprint density at radius 3 is 2.38 bits per heavy atom. The highest BCUT2D eigenvalue weighted by molar-refractivity contribution is 4.68. The minimum Gasteiger partial charge on any atom is -0.353 e. The molecule has 2 aliphatic rings. The van der Waals surface area contributed by atoms with Gasteiger partial charge in [0.25, 0.3) is 0 Å². The van der Waals surface area contributed by atoms with Gasteiger partial charge in [-0.2, -0.15) is 0 Å². The van der Waals surface area contributed by atoms with Gasteiger partial charge in [0.1, 0.15) is 0 Å². The SMILES string of the molecule is C(CCCCC1CCNCC1)CCCOC1CCCCO1.